The maximum atomic E-state index is 12.1. The van der Waals surface area contributed by atoms with E-state index in [-0.39, 0.29) is 12.2 Å². The van der Waals surface area contributed by atoms with Gasteiger partial charge < -0.3 is 19.7 Å². The minimum atomic E-state index is -1.46. The number of ether oxygens (including phenoxy) is 2. The molecule has 28 heavy (non-hydrogen) atoms. The summed E-state index contributed by atoms with van der Waals surface area (Å²) in [6.45, 7) is 6.23. The first kappa shape index (κ1) is 23.4. The molecule has 7 nitrogen and oxygen atoms in total. The highest BCUT2D eigenvalue weighted by atomic mass is 16.6. The third kappa shape index (κ3) is 7.92. The van der Waals surface area contributed by atoms with Crippen LogP contribution in [0.25, 0.3) is 0 Å². The molecule has 0 amide bonds. The lowest BCUT2D eigenvalue weighted by atomic mass is 9.97. The number of carboxylic acid groups (broad SMARTS) is 1. The van der Waals surface area contributed by atoms with Crippen molar-refractivity contribution in [3.05, 3.63) is 41.5 Å². The number of carboxylic acids is 1. The van der Waals surface area contributed by atoms with Crippen molar-refractivity contribution in [1.29, 1.82) is 0 Å². The maximum Gasteiger partial charge on any atom is 0.334 e. The summed E-state index contributed by atoms with van der Waals surface area (Å²) in [5.74, 6) is -1.81. The van der Waals surface area contributed by atoms with Crippen molar-refractivity contribution in [2.75, 3.05) is 6.61 Å². The molecule has 1 aromatic rings. The number of hydrogen-bond donors (Lipinski definition) is 2. The van der Waals surface area contributed by atoms with Gasteiger partial charge >= 0.3 is 11.9 Å². The molecule has 0 aliphatic heterocycles. The van der Waals surface area contributed by atoms with Crippen LogP contribution in [0.1, 0.15) is 57.3 Å². The zero-order chi connectivity index (χ0) is 21.3. The van der Waals surface area contributed by atoms with Crippen LogP contribution in [0.3, 0.4) is 0 Å². The monoisotopic (exact) mass is 392 g/mol. The molecule has 0 spiro atoms. The van der Waals surface area contributed by atoms with Gasteiger partial charge in [-0.2, -0.15) is 0 Å². The SMILES string of the molecule is CCCCC(COC(=O)/C(C)=C/C(=O)O)Oc1ccc(C(=O)C(C)(C)O)cc1. The molecule has 0 aromatic heterocycles. The average Bonchev–Trinajstić information content (AvgIpc) is 2.62. The predicted octanol–water partition coefficient (Wildman–Crippen LogP) is 3.15. The highest BCUT2D eigenvalue weighted by molar-refractivity contribution is 6.01. The van der Waals surface area contributed by atoms with Gasteiger partial charge in [-0.15, -0.1) is 0 Å². The molecule has 1 rings (SSSR count). The Labute approximate surface area is 165 Å². The normalized spacial score (nSPS) is 13.0. The molecule has 154 valence electrons. The quantitative estimate of drug-likeness (QED) is 0.338. The largest absolute Gasteiger partial charge is 0.487 e. The number of aliphatic hydroxyl groups is 1. The molecule has 1 unspecified atom stereocenters. The summed E-state index contributed by atoms with van der Waals surface area (Å²) in [6.07, 6.45) is 2.84. The third-order valence-corrected chi connectivity index (χ3v) is 3.92. The van der Waals surface area contributed by atoms with E-state index < -0.39 is 29.4 Å². The van der Waals surface area contributed by atoms with Crippen LogP contribution in [0, 0.1) is 0 Å². The molecule has 0 radical (unpaired) electrons. The number of hydrogen-bond acceptors (Lipinski definition) is 6. The van der Waals surface area contributed by atoms with E-state index in [1.165, 1.54) is 20.8 Å². The fourth-order valence-electron chi connectivity index (χ4n) is 2.37. The van der Waals surface area contributed by atoms with Crippen molar-refractivity contribution >= 4 is 17.7 Å². The number of aliphatic carboxylic acids is 1. The van der Waals surface area contributed by atoms with Gasteiger partial charge in [-0.1, -0.05) is 13.3 Å². The zero-order valence-electron chi connectivity index (χ0n) is 16.7. The molecule has 2 N–H and O–H groups in total. The first-order valence-electron chi connectivity index (χ1n) is 9.16. The highest BCUT2D eigenvalue weighted by Crippen LogP contribution is 2.19. The lowest BCUT2D eigenvalue weighted by molar-refractivity contribution is -0.142. The van der Waals surface area contributed by atoms with Crippen LogP contribution < -0.4 is 4.74 Å². The number of esters is 1. The Balaban J connectivity index is 2.77. The fraction of sp³-hybridized carbons (Fsp3) is 0.476. The topological polar surface area (TPSA) is 110 Å². The Bertz CT molecular complexity index is 711. The van der Waals surface area contributed by atoms with E-state index in [0.29, 0.717) is 17.7 Å². The summed E-state index contributed by atoms with van der Waals surface area (Å²) < 4.78 is 11.0. The van der Waals surface area contributed by atoms with Crippen molar-refractivity contribution in [1.82, 2.24) is 0 Å². The van der Waals surface area contributed by atoms with Gasteiger partial charge in [-0.3, -0.25) is 4.79 Å². The van der Waals surface area contributed by atoms with Gasteiger partial charge in [0.05, 0.1) is 0 Å². The second-order valence-electron chi connectivity index (χ2n) is 7.06. The van der Waals surface area contributed by atoms with Gasteiger partial charge in [0.2, 0.25) is 0 Å². The van der Waals surface area contributed by atoms with Crippen LogP contribution in [0.5, 0.6) is 5.75 Å². The van der Waals surface area contributed by atoms with E-state index in [9.17, 15) is 19.5 Å². The summed E-state index contributed by atoms with van der Waals surface area (Å²) >= 11 is 0. The van der Waals surface area contributed by atoms with Crippen LogP contribution >= 0.6 is 0 Å². The summed E-state index contributed by atoms with van der Waals surface area (Å²) in [5, 5.41) is 18.5. The predicted molar refractivity (Wildman–Crippen MR) is 103 cm³/mol. The summed E-state index contributed by atoms with van der Waals surface area (Å²) in [5.41, 5.74) is -1.09. The molecule has 0 saturated heterocycles. The number of ketones is 1. The minimum absolute atomic E-state index is 0.00350. The van der Waals surface area contributed by atoms with Crippen LogP contribution in [-0.2, 0) is 14.3 Å². The Hall–Kier alpha value is -2.67. The fourth-order valence-corrected chi connectivity index (χ4v) is 2.37. The number of carbonyl (C=O) groups excluding carboxylic acids is 2. The maximum absolute atomic E-state index is 12.1. The second-order valence-corrected chi connectivity index (χ2v) is 7.06. The zero-order valence-corrected chi connectivity index (χ0v) is 16.7. The molecule has 1 aromatic carbocycles. The lowest BCUT2D eigenvalue weighted by Crippen LogP contribution is -2.31. The number of Topliss-reactive ketones (excluding diaryl/α,β-unsaturated/α-hetero) is 1. The van der Waals surface area contributed by atoms with Gasteiger partial charge in [0.15, 0.2) is 5.78 Å². The Kier molecular flexibility index (Phi) is 8.85. The molecule has 1 atom stereocenters. The van der Waals surface area contributed by atoms with E-state index in [1.807, 2.05) is 6.92 Å². The number of carbonyl (C=O) groups is 3. The molecular formula is C21H28O7. The molecule has 0 fully saturated rings. The molecule has 7 heteroatoms. The Morgan fingerprint density at radius 2 is 1.79 bits per heavy atom. The van der Waals surface area contributed by atoms with Crippen LogP contribution in [-0.4, -0.2) is 46.2 Å². The summed E-state index contributed by atoms with van der Waals surface area (Å²) in [6, 6.07) is 6.38. The molecule has 0 bridgehead atoms. The first-order chi connectivity index (χ1) is 13.0. The second kappa shape index (κ2) is 10.6. The highest BCUT2D eigenvalue weighted by Gasteiger charge is 2.25. The molecular weight excluding hydrogens is 364 g/mol. The third-order valence-electron chi connectivity index (χ3n) is 3.92. The summed E-state index contributed by atoms with van der Waals surface area (Å²) in [4.78, 5) is 34.5. The van der Waals surface area contributed by atoms with Crippen molar-refractivity contribution < 1.29 is 34.1 Å². The number of benzene rings is 1. The van der Waals surface area contributed by atoms with Crippen molar-refractivity contribution in [3.63, 3.8) is 0 Å². The molecule has 0 saturated carbocycles. The van der Waals surface area contributed by atoms with Gasteiger partial charge in [0.25, 0.3) is 0 Å². The Morgan fingerprint density at radius 1 is 1.18 bits per heavy atom. The van der Waals surface area contributed by atoms with Gasteiger partial charge in [-0.25, -0.2) is 9.59 Å². The van der Waals surface area contributed by atoms with E-state index >= 15 is 0 Å². The molecule has 0 aliphatic rings. The van der Waals surface area contributed by atoms with Crippen molar-refractivity contribution in [2.45, 2.75) is 58.7 Å². The van der Waals surface area contributed by atoms with Gasteiger partial charge in [0, 0.05) is 17.2 Å². The molecule has 0 heterocycles. The van der Waals surface area contributed by atoms with Crippen LogP contribution in [0.15, 0.2) is 35.9 Å². The average molecular weight is 392 g/mol. The van der Waals surface area contributed by atoms with Gasteiger partial charge in [-0.05, 0) is 57.9 Å². The van der Waals surface area contributed by atoms with Crippen LogP contribution in [0.2, 0.25) is 0 Å². The van der Waals surface area contributed by atoms with Crippen LogP contribution in [0.4, 0.5) is 0 Å². The summed E-state index contributed by atoms with van der Waals surface area (Å²) in [7, 11) is 0. The number of rotatable bonds is 11. The van der Waals surface area contributed by atoms with Gasteiger partial charge in [0.1, 0.15) is 24.1 Å². The minimum Gasteiger partial charge on any atom is -0.487 e. The van der Waals surface area contributed by atoms with Crippen molar-refractivity contribution in [2.24, 2.45) is 0 Å². The smallest absolute Gasteiger partial charge is 0.334 e. The van der Waals surface area contributed by atoms with E-state index in [0.717, 1.165) is 18.9 Å². The van der Waals surface area contributed by atoms with Crippen molar-refractivity contribution in [3.8, 4) is 5.75 Å². The van der Waals surface area contributed by atoms with E-state index in [1.54, 1.807) is 24.3 Å². The lowest BCUT2D eigenvalue weighted by Gasteiger charge is -2.20. The van der Waals surface area contributed by atoms with E-state index in [4.69, 9.17) is 14.6 Å². The van der Waals surface area contributed by atoms with E-state index in [2.05, 4.69) is 0 Å². The standard InChI is InChI=1S/C21H28O7/c1-5-6-7-17(13-27-20(25)14(2)12-18(22)23)28-16-10-8-15(9-11-16)19(24)21(3,4)26/h8-12,17,26H,5-7,13H2,1-4H3,(H,22,23)/b14-12+. The first-order valence-corrected chi connectivity index (χ1v) is 9.16. The molecule has 0 aliphatic carbocycles. The Morgan fingerprint density at radius 3 is 2.29 bits per heavy atom. The number of unbranched alkanes of at least 4 members (excludes halogenated alkanes) is 1.